The maximum atomic E-state index is 12.5. The summed E-state index contributed by atoms with van der Waals surface area (Å²) in [6, 6.07) is 6.30. The molecule has 1 aromatic carbocycles. The lowest BCUT2D eigenvalue weighted by molar-refractivity contribution is -0.152. The first-order valence-electron chi connectivity index (χ1n) is 7.16. The van der Waals surface area contributed by atoms with Crippen LogP contribution in [-0.4, -0.2) is 29.5 Å². The van der Waals surface area contributed by atoms with Crippen LogP contribution >= 0.6 is 0 Å². The van der Waals surface area contributed by atoms with Gasteiger partial charge < -0.3 is 9.64 Å². The highest BCUT2D eigenvalue weighted by Crippen LogP contribution is 2.31. The molecule has 1 aliphatic rings. The Hall–Kier alpha value is -2.23. The van der Waals surface area contributed by atoms with E-state index in [4.69, 9.17) is 10.00 Å². The quantitative estimate of drug-likeness (QED) is 0.853. The van der Waals surface area contributed by atoms with Gasteiger partial charge in [-0.2, -0.15) is 18.4 Å². The summed E-state index contributed by atoms with van der Waals surface area (Å²) in [5.74, 6) is 0.142. The Morgan fingerprint density at radius 3 is 2.35 bits per heavy atom. The molecule has 1 aliphatic heterocycles. The lowest BCUT2D eigenvalue weighted by Crippen LogP contribution is -2.57. The molecule has 1 heterocycles. The van der Waals surface area contributed by atoms with E-state index in [0.29, 0.717) is 19.5 Å². The van der Waals surface area contributed by atoms with Crippen molar-refractivity contribution in [1.82, 2.24) is 4.90 Å². The van der Waals surface area contributed by atoms with Gasteiger partial charge in [0.2, 0.25) is 0 Å². The monoisotopic (exact) mass is 326 g/mol. The van der Waals surface area contributed by atoms with Crippen molar-refractivity contribution in [3.63, 3.8) is 0 Å². The minimum Gasteiger partial charge on any atom is -0.478 e. The van der Waals surface area contributed by atoms with Crippen LogP contribution in [0.25, 0.3) is 0 Å². The average molecular weight is 326 g/mol. The number of benzene rings is 1. The second kappa shape index (κ2) is 6.11. The SMILES string of the molecule is CC(C)(Oc1ccc(C(F)(F)F)cc1)C(=O)N1CC(CC#N)C1. The van der Waals surface area contributed by atoms with Gasteiger partial charge in [0.25, 0.3) is 5.91 Å². The van der Waals surface area contributed by atoms with Crippen LogP contribution in [0.1, 0.15) is 25.8 Å². The summed E-state index contributed by atoms with van der Waals surface area (Å²) < 4.78 is 43.1. The van der Waals surface area contributed by atoms with Crippen molar-refractivity contribution in [2.24, 2.45) is 5.92 Å². The molecule has 7 heteroatoms. The van der Waals surface area contributed by atoms with Crippen molar-refractivity contribution >= 4 is 5.91 Å². The maximum absolute atomic E-state index is 12.5. The molecule has 23 heavy (non-hydrogen) atoms. The van der Waals surface area contributed by atoms with Gasteiger partial charge in [0.1, 0.15) is 5.75 Å². The van der Waals surface area contributed by atoms with E-state index in [1.165, 1.54) is 12.1 Å². The van der Waals surface area contributed by atoms with Crippen LogP contribution < -0.4 is 4.74 Å². The highest BCUT2D eigenvalue weighted by Gasteiger charge is 2.40. The topological polar surface area (TPSA) is 53.3 Å². The van der Waals surface area contributed by atoms with E-state index in [1.807, 2.05) is 0 Å². The molecule has 0 unspecified atom stereocenters. The zero-order chi connectivity index (χ0) is 17.3. The fourth-order valence-electron chi connectivity index (χ4n) is 2.42. The van der Waals surface area contributed by atoms with Crippen LogP contribution in [0.5, 0.6) is 5.75 Å². The van der Waals surface area contributed by atoms with Crippen LogP contribution in [0.3, 0.4) is 0 Å². The number of hydrogen-bond donors (Lipinski definition) is 0. The van der Waals surface area contributed by atoms with Crippen LogP contribution in [0.2, 0.25) is 0 Å². The Balaban J connectivity index is 1.98. The van der Waals surface area contributed by atoms with Crippen LogP contribution in [0.15, 0.2) is 24.3 Å². The normalized spacial score (nSPS) is 15.7. The van der Waals surface area contributed by atoms with E-state index in [9.17, 15) is 18.0 Å². The third-order valence-electron chi connectivity index (χ3n) is 3.69. The van der Waals surface area contributed by atoms with Gasteiger partial charge in [-0.1, -0.05) is 0 Å². The number of halogens is 3. The first kappa shape index (κ1) is 17.1. The third-order valence-corrected chi connectivity index (χ3v) is 3.69. The molecular formula is C16H17F3N2O2. The van der Waals surface area contributed by atoms with Gasteiger partial charge >= 0.3 is 6.18 Å². The molecule has 124 valence electrons. The van der Waals surface area contributed by atoms with Crippen molar-refractivity contribution in [3.8, 4) is 11.8 Å². The summed E-state index contributed by atoms with van der Waals surface area (Å²) in [7, 11) is 0. The standard InChI is InChI=1S/C16H17F3N2O2/c1-15(2,14(22)21-9-11(10-21)7-8-20)23-13-5-3-12(4-6-13)16(17,18)19/h3-6,11H,7,9-10H2,1-2H3. The fourth-order valence-corrected chi connectivity index (χ4v) is 2.42. The Morgan fingerprint density at radius 2 is 1.87 bits per heavy atom. The van der Waals surface area contributed by atoms with Gasteiger partial charge in [-0.05, 0) is 38.1 Å². The number of ether oxygens (including phenoxy) is 1. The summed E-state index contributed by atoms with van der Waals surface area (Å²) in [6.45, 7) is 4.16. The van der Waals surface area contributed by atoms with E-state index in [2.05, 4.69) is 6.07 Å². The molecular weight excluding hydrogens is 309 g/mol. The van der Waals surface area contributed by atoms with E-state index >= 15 is 0 Å². The minimum absolute atomic E-state index is 0.186. The number of nitrogens with zero attached hydrogens (tertiary/aromatic N) is 2. The Kier molecular flexibility index (Phi) is 4.55. The van der Waals surface area contributed by atoms with Crippen molar-refractivity contribution < 1.29 is 22.7 Å². The minimum atomic E-state index is -4.41. The fraction of sp³-hybridized carbons (Fsp3) is 0.500. The van der Waals surface area contributed by atoms with Crippen LogP contribution in [0.4, 0.5) is 13.2 Å². The van der Waals surface area contributed by atoms with E-state index in [-0.39, 0.29) is 17.6 Å². The molecule has 4 nitrogen and oxygen atoms in total. The molecule has 1 fully saturated rings. The van der Waals surface area contributed by atoms with Crippen molar-refractivity contribution in [1.29, 1.82) is 5.26 Å². The number of carbonyl (C=O) groups is 1. The van der Waals surface area contributed by atoms with Gasteiger partial charge in [0.15, 0.2) is 5.60 Å². The molecule has 0 bridgehead atoms. The molecule has 0 aromatic heterocycles. The largest absolute Gasteiger partial charge is 0.478 e. The van der Waals surface area contributed by atoms with Crippen molar-refractivity contribution in [2.45, 2.75) is 32.0 Å². The predicted molar refractivity (Wildman–Crippen MR) is 76.5 cm³/mol. The summed E-state index contributed by atoms with van der Waals surface area (Å²) in [4.78, 5) is 14.0. The molecule has 0 aliphatic carbocycles. The molecule has 0 atom stereocenters. The van der Waals surface area contributed by atoms with Gasteiger partial charge in [0, 0.05) is 25.4 Å². The zero-order valence-corrected chi connectivity index (χ0v) is 12.9. The Bertz CT molecular complexity index is 612. The van der Waals surface area contributed by atoms with Crippen molar-refractivity contribution in [2.75, 3.05) is 13.1 Å². The van der Waals surface area contributed by atoms with E-state index in [1.54, 1.807) is 18.7 Å². The molecule has 1 aromatic rings. The van der Waals surface area contributed by atoms with Gasteiger partial charge in [-0.15, -0.1) is 0 Å². The van der Waals surface area contributed by atoms with E-state index < -0.39 is 17.3 Å². The summed E-state index contributed by atoms with van der Waals surface area (Å²) >= 11 is 0. The highest BCUT2D eigenvalue weighted by molar-refractivity contribution is 5.85. The molecule has 0 N–H and O–H groups in total. The number of nitriles is 1. The first-order valence-corrected chi connectivity index (χ1v) is 7.16. The number of likely N-dealkylation sites (tertiary alicyclic amines) is 1. The van der Waals surface area contributed by atoms with Gasteiger partial charge in [0.05, 0.1) is 11.6 Å². The van der Waals surface area contributed by atoms with Gasteiger partial charge in [-0.3, -0.25) is 4.79 Å². The lowest BCUT2D eigenvalue weighted by atomic mass is 9.94. The van der Waals surface area contributed by atoms with Gasteiger partial charge in [-0.25, -0.2) is 0 Å². The average Bonchev–Trinajstić information content (AvgIpc) is 2.41. The van der Waals surface area contributed by atoms with Crippen LogP contribution in [0, 0.1) is 17.2 Å². The van der Waals surface area contributed by atoms with Crippen molar-refractivity contribution in [3.05, 3.63) is 29.8 Å². The number of alkyl halides is 3. The third kappa shape index (κ3) is 3.95. The Morgan fingerprint density at radius 1 is 1.30 bits per heavy atom. The Labute approximate surface area is 132 Å². The number of hydrogen-bond acceptors (Lipinski definition) is 3. The second-order valence-electron chi connectivity index (χ2n) is 6.07. The first-order chi connectivity index (χ1) is 10.6. The number of rotatable bonds is 4. The van der Waals surface area contributed by atoms with E-state index in [0.717, 1.165) is 12.1 Å². The molecule has 1 amide bonds. The summed E-state index contributed by atoms with van der Waals surface area (Å²) in [6.07, 6.45) is -4.00. The maximum Gasteiger partial charge on any atom is 0.416 e. The summed E-state index contributed by atoms with van der Waals surface area (Å²) in [5.41, 5.74) is -1.95. The number of amides is 1. The molecule has 2 rings (SSSR count). The molecule has 0 spiro atoms. The molecule has 0 radical (unpaired) electrons. The summed E-state index contributed by atoms with van der Waals surface area (Å²) in [5, 5.41) is 8.60. The smallest absolute Gasteiger partial charge is 0.416 e. The predicted octanol–water partition coefficient (Wildman–Crippen LogP) is 3.23. The zero-order valence-electron chi connectivity index (χ0n) is 12.9. The lowest BCUT2D eigenvalue weighted by Gasteiger charge is -2.42. The highest BCUT2D eigenvalue weighted by atomic mass is 19.4. The second-order valence-corrected chi connectivity index (χ2v) is 6.07. The van der Waals surface area contributed by atoms with Crippen LogP contribution in [-0.2, 0) is 11.0 Å². The molecule has 1 saturated heterocycles. The number of carbonyl (C=O) groups excluding carboxylic acids is 1. The molecule has 0 saturated carbocycles.